The van der Waals surface area contributed by atoms with Crippen LogP contribution < -0.4 is 10.2 Å². The number of para-hydroxylation sites is 1. The van der Waals surface area contributed by atoms with Crippen LogP contribution in [0.4, 0.5) is 11.5 Å². The van der Waals surface area contributed by atoms with Crippen LogP contribution in [0.1, 0.15) is 18.2 Å². The van der Waals surface area contributed by atoms with Crippen LogP contribution >= 0.6 is 23.4 Å². The zero-order chi connectivity index (χ0) is 22.7. The molecule has 9 heteroatoms. The maximum absolute atomic E-state index is 13.2. The molecule has 162 valence electrons. The molecule has 1 aliphatic rings. The molecule has 0 aliphatic carbocycles. The molecule has 32 heavy (non-hydrogen) atoms. The second-order valence-electron chi connectivity index (χ2n) is 7.02. The van der Waals surface area contributed by atoms with Gasteiger partial charge in [-0.3, -0.25) is 14.5 Å². The predicted octanol–water partition coefficient (Wildman–Crippen LogP) is 5.14. The van der Waals surface area contributed by atoms with E-state index in [4.69, 9.17) is 16.1 Å². The second kappa shape index (κ2) is 9.42. The number of amidine groups is 1. The number of aliphatic imine (C=N–C) groups is 1. The van der Waals surface area contributed by atoms with Crippen molar-refractivity contribution in [1.82, 2.24) is 5.16 Å². The molecule has 2 aromatic carbocycles. The van der Waals surface area contributed by atoms with E-state index in [1.807, 2.05) is 42.5 Å². The fourth-order valence-electron chi connectivity index (χ4n) is 2.96. The lowest BCUT2D eigenvalue weighted by Gasteiger charge is -2.19. The van der Waals surface area contributed by atoms with Gasteiger partial charge in [-0.1, -0.05) is 58.9 Å². The number of aryl methyl sites for hydroxylation is 1. The fraction of sp³-hybridized carbons (Fsp3) is 0.130. The second-order valence-corrected chi connectivity index (χ2v) is 8.77. The lowest BCUT2D eigenvalue weighted by molar-refractivity contribution is -0.115. The van der Waals surface area contributed by atoms with E-state index in [-0.39, 0.29) is 17.5 Å². The summed E-state index contributed by atoms with van der Waals surface area (Å²) in [5.41, 5.74) is 1.74. The third-order valence-electron chi connectivity index (χ3n) is 4.55. The average Bonchev–Trinajstić information content (AvgIpc) is 3.32. The Kier molecular flexibility index (Phi) is 6.43. The third-order valence-corrected chi connectivity index (χ3v) is 5.85. The first-order valence-electron chi connectivity index (χ1n) is 9.77. The number of aromatic nitrogens is 1. The number of nitrogens with zero attached hydrogens (tertiary/aromatic N) is 3. The summed E-state index contributed by atoms with van der Waals surface area (Å²) >= 11 is 7.14. The number of rotatable bonds is 5. The van der Waals surface area contributed by atoms with E-state index in [1.165, 1.54) is 16.7 Å². The van der Waals surface area contributed by atoms with Crippen molar-refractivity contribution in [3.8, 4) is 0 Å². The summed E-state index contributed by atoms with van der Waals surface area (Å²) in [6.07, 6.45) is 1.70. The van der Waals surface area contributed by atoms with E-state index in [0.29, 0.717) is 27.5 Å². The van der Waals surface area contributed by atoms with Crippen LogP contribution in [0.15, 0.2) is 75.9 Å². The minimum Gasteiger partial charge on any atom is -0.360 e. The third kappa shape index (κ3) is 4.92. The molecule has 2 heterocycles. The van der Waals surface area contributed by atoms with Crippen molar-refractivity contribution in [3.63, 3.8) is 0 Å². The van der Waals surface area contributed by atoms with Gasteiger partial charge in [-0.15, -0.1) is 0 Å². The number of amides is 2. The number of benzene rings is 2. The Labute approximate surface area is 194 Å². The molecule has 0 saturated carbocycles. The van der Waals surface area contributed by atoms with Gasteiger partial charge in [0.15, 0.2) is 11.0 Å². The highest BCUT2D eigenvalue weighted by molar-refractivity contribution is 8.15. The number of nitrogens with one attached hydrogen (secondary N) is 1. The van der Waals surface area contributed by atoms with Crippen LogP contribution in [0.25, 0.3) is 6.08 Å². The normalized spacial score (nSPS) is 15.7. The molecule has 7 nitrogen and oxygen atoms in total. The van der Waals surface area contributed by atoms with Crippen LogP contribution in [-0.4, -0.2) is 27.4 Å². The molecule has 1 unspecified atom stereocenters. The van der Waals surface area contributed by atoms with E-state index >= 15 is 0 Å². The zero-order valence-electron chi connectivity index (χ0n) is 17.3. The number of carbonyl (C=O) groups excluding carboxylic acids is 2. The SMILES string of the molecule is Cc1cc(NC(=O)C(C)SC2=N/C(=C/c3ccc(Cl)cc3)C(=O)N2c2ccccc2)no1. The predicted molar refractivity (Wildman–Crippen MR) is 128 cm³/mol. The lowest BCUT2D eigenvalue weighted by Crippen LogP contribution is -2.33. The smallest absolute Gasteiger partial charge is 0.283 e. The maximum Gasteiger partial charge on any atom is 0.283 e. The lowest BCUT2D eigenvalue weighted by atomic mass is 10.2. The highest BCUT2D eigenvalue weighted by atomic mass is 35.5. The van der Waals surface area contributed by atoms with E-state index in [2.05, 4.69) is 15.5 Å². The van der Waals surface area contributed by atoms with Gasteiger partial charge in [0, 0.05) is 11.1 Å². The Bertz CT molecular complexity index is 1210. The van der Waals surface area contributed by atoms with Crippen molar-refractivity contribution in [1.29, 1.82) is 0 Å². The van der Waals surface area contributed by atoms with Crippen molar-refractivity contribution >= 4 is 57.9 Å². The summed E-state index contributed by atoms with van der Waals surface area (Å²) in [7, 11) is 0. The average molecular weight is 467 g/mol. The molecule has 2 amide bonds. The Morgan fingerprint density at radius 1 is 1.19 bits per heavy atom. The Morgan fingerprint density at radius 2 is 1.91 bits per heavy atom. The van der Waals surface area contributed by atoms with Gasteiger partial charge in [-0.05, 0) is 49.8 Å². The van der Waals surface area contributed by atoms with Crippen LogP contribution in [0, 0.1) is 6.92 Å². The highest BCUT2D eigenvalue weighted by Crippen LogP contribution is 2.31. The number of halogens is 1. The van der Waals surface area contributed by atoms with Crippen molar-refractivity contribution in [2.24, 2.45) is 4.99 Å². The molecule has 1 N–H and O–H groups in total. The largest absolute Gasteiger partial charge is 0.360 e. The molecule has 1 atom stereocenters. The van der Waals surface area contributed by atoms with Crippen LogP contribution in [0.5, 0.6) is 0 Å². The highest BCUT2D eigenvalue weighted by Gasteiger charge is 2.34. The van der Waals surface area contributed by atoms with Gasteiger partial charge in [0.1, 0.15) is 11.5 Å². The zero-order valence-corrected chi connectivity index (χ0v) is 18.9. The van der Waals surface area contributed by atoms with Crippen LogP contribution in [0.2, 0.25) is 5.02 Å². The number of thioether (sulfide) groups is 1. The first-order chi connectivity index (χ1) is 15.4. The summed E-state index contributed by atoms with van der Waals surface area (Å²) in [6.45, 7) is 3.48. The first kappa shape index (κ1) is 21.9. The van der Waals surface area contributed by atoms with Gasteiger partial charge in [0.05, 0.1) is 10.9 Å². The van der Waals surface area contributed by atoms with Gasteiger partial charge >= 0.3 is 0 Å². The summed E-state index contributed by atoms with van der Waals surface area (Å²) in [5, 5.41) is 6.97. The molecule has 1 aliphatic heterocycles. The van der Waals surface area contributed by atoms with Crippen molar-refractivity contribution in [2.45, 2.75) is 19.1 Å². The number of hydrogen-bond donors (Lipinski definition) is 1. The molecular formula is C23H19ClN4O3S. The Morgan fingerprint density at radius 3 is 2.56 bits per heavy atom. The van der Waals surface area contributed by atoms with Gasteiger partial charge in [0.2, 0.25) is 5.91 Å². The van der Waals surface area contributed by atoms with Gasteiger partial charge in [-0.25, -0.2) is 4.99 Å². The van der Waals surface area contributed by atoms with E-state index < -0.39 is 5.25 Å². The molecule has 4 rings (SSSR count). The number of anilines is 2. The van der Waals surface area contributed by atoms with E-state index in [0.717, 1.165) is 5.56 Å². The maximum atomic E-state index is 13.2. The van der Waals surface area contributed by atoms with Crippen molar-refractivity contribution < 1.29 is 14.1 Å². The van der Waals surface area contributed by atoms with E-state index in [1.54, 1.807) is 38.1 Å². The number of hydrogen-bond acceptors (Lipinski definition) is 6. The molecule has 0 saturated heterocycles. The molecule has 1 aromatic heterocycles. The molecule has 3 aromatic rings. The summed E-state index contributed by atoms with van der Waals surface area (Å²) < 4.78 is 4.98. The Balaban J connectivity index is 1.60. The molecule has 0 bridgehead atoms. The van der Waals surface area contributed by atoms with Crippen molar-refractivity contribution in [2.75, 3.05) is 10.2 Å². The topological polar surface area (TPSA) is 87.8 Å². The van der Waals surface area contributed by atoms with Crippen LogP contribution in [-0.2, 0) is 9.59 Å². The quantitative estimate of drug-likeness (QED) is 0.526. The summed E-state index contributed by atoms with van der Waals surface area (Å²) in [5.74, 6) is 0.390. The molecule has 0 fully saturated rings. The van der Waals surface area contributed by atoms with Gasteiger partial charge in [0.25, 0.3) is 5.91 Å². The van der Waals surface area contributed by atoms with Gasteiger partial charge in [-0.2, -0.15) is 0 Å². The monoisotopic (exact) mass is 466 g/mol. The Hall–Kier alpha value is -3.36. The standard InChI is InChI=1S/C23H19ClN4O3S/c1-14-12-20(27-31-14)26-21(29)15(2)32-23-25-19(13-16-8-10-17(24)11-9-16)22(30)28(23)18-6-4-3-5-7-18/h3-13,15H,1-2H3,(H,26,27,29)/b19-13+. The minimum atomic E-state index is -0.542. The summed E-state index contributed by atoms with van der Waals surface area (Å²) in [6, 6.07) is 18.0. The minimum absolute atomic E-state index is 0.270. The molecule has 0 radical (unpaired) electrons. The van der Waals surface area contributed by atoms with Gasteiger partial charge < -0.3 is 9.84 Å². The molecular weight excluding hydrogens is 448 g/mol. The van der Waals surface area contributed by atoms with Crippen LogP contribution in [0.3, 0.4) is 0 Å². The molecule has 0 spiro atoms. The van der Waals surface area contributed by atoms with E-state index in [9.17, 15) is 9.59 Å². The number of carbonyl (C=O) groups is 2. The van der Waals surface area contributed by atoms with Crippen molar-refractivity contribution in [3.05, 3.63) is 82.7 Å². The first-order valence-corrected chi connectivity index (χ1v) is 11.0. The fourth-order valence-corrected chi connectivity index (χ4v) is 4.01. The summed E-state index contributed by atoms with van der Waals surface area (Å²) in [4.78, 5) is 31.9.